The van der Waals surface area contributed by atoms with E-state index in [0.29, 0.717) is 0 Å². The lowest BCUT2D eigenvalue weighted by molar-refractivity contribution is -0.120. The number of likely N-dealkylation sites (tertiary alicyclic amines) is 1. The molecule has 0 spiro atoms. The van der Waals surface area contributed by atoms with Crippen LogP contribution in [-0.4, -0.2) is 43.0 Å². The number of primary amides is 1. The number of nitrogens with zero attached hydrogens (tertiary/aromatic N) is 1. The van der Waals surface area contributed by atoms with Gasteiger partial charge < -0.3 is 16.0 Å². The number of nitrogens with one attached hydrogen (secondary N) is 1. The van der Waals surface area contributed by atoms with Crippen LogP contribution < -0.4 is 11.1 Å². The van der Waals surface area contributed by atoms with Gasteiger partial charge in [0.2, 0.25) is 5.91 Å². The summed E-state index contributed by atoms with van der Waals surface area (Å²) < 4.78 is 0. The Balaban J connectivity index is 2.34. The Morgan fingerprint density at radius 2 is 2.31 bits per heavy atom. The van der Waals surface area contributed by atoms with Crippen LogP contribution in [0.15, 0.2) is 0 Å². The molecule has 4 nitrogen and oxygen atoms in total. The summed E-state index contributed by atoms with van der Waals surface area (Å²) in [5, 5.41) is 3.21. The smallest absolute Gasteiger partial charge is 0.235 e. The van der Waals surface area contributed by atoms with Crippen LogP contribution in [0.1, 0.15) is 33.1 Å². The molecular formula is C12H25N3O. The van der Waals surface area contributed by atoms with E-state index < -0.39 is 0 Å². The van der Waals surface area contributed by atoms with Crippen molar-refractivity contribution in [2.75, 3.05) is 26.2 Å². The van der Waals surface area contributed by atoms with Gasteiger partial charge in [-0.15, -0.1) is 0 Å². The van der Waals surface area contributed by atoms with Crippen molar-refractivity contribution in [3.8, 4) is 0 Å². The van der Waals surface area contributed by atoms with Gasteiger partial charge in [-0.25, -0.2) is 0 Å². The Morgan fingerprint density at radius 1 is 1.56 bits per heavy atom. The van der Waals surface area contributed by atoms with Crippen molar-refractivity contribution in [3.05, 3.63) is 0 Å². The number of rotatable bonds is 7. The summed E-state index contributed by atoms with van der Waals surface area (Å²) in [7, 11) is 0. The van der Waals surface area contributed by atoms with Crippen molar-refractivity contribution in [2.45, 2.75) is 39.2 Å². The lowest BCUT2D eigenvalue weighted by Crippen LogP contribution is -2.48. The summed E-state index contributed by atoms with van der Waals surface area (Å²) in [6.45, 7) is 8.18. The first-order valence-electron chi connectivity index (χ1n) is 6.42. The van der Waals surface area contributed by atoms with Gasteiger partial charge >= 0.3 is 0 Å². The largest absolute Gasteiger partial charge is 0.368 e. The molecule has 1 heterocycles. The highest BCUT2D eigenvalue weighted by Gasteiger charge is 2.25. The summed E-state index contributed by atoms with van der Waals surface area (Å²) in [6.07, 6.45) is 3.53. The van der Waals surface area contributed by atoms with Crippen molar-refractivity contribution >= 4 is 5.91 Å². The standard InChI is InChI=1S/C12H25N3O/c1-3-6-14-11(12(13)16)9-15-7-5-10(4-2)8-15/h10-11,14H,3-9H2,1-2H3,(H2,13,16). The minimum absolute atomic E-state index is 0.185. The van der Waals surface area contributed by atoms with E-state index in [1.807, 2.05) is 0 Å². The Labute approximate surface area is 98.6 Å². The maximum atomic E-state index is 11.3. The molecule has 1 amide bonds. The molecule has 1 rings (SSSR count). The Hall–Kier alpha value is -0.610. The van der Waals surface area contributed by atoms with Crippen LogP contribution in [0, 0.1) is 5.92 Å². The topological polar surface area (TPSA) is 58.4 Å². The molecule has 94 valence electrons. The predicted octanol–water partition coefficient (Wildman–Crippen LogP) is 0.572. The SMILES string of the molecule is CCCNC(CN1CCC(CC)C1)C(N)=O. The second kappa shape index (κ2) is 6.86. The van der Waals surface area contributed by atoms with Gasteiger partial charge in [-0.3, -0.25) is 4.79 Å². The van der Waals surface area contributed by atoms with Crippen LogP contribution in [0.2, 0.25) is 0 Å². The first-order chi connectivity index (χ1) is 7.67. The molecule has 0 radical (unpaired) electrons. The van der Waals surface area contributed by atoms with Crippen molar-refractivity contribution in [1.29, 1.82) is 0 Å². The molecule has 16 heavy (non-hydrogen) atoms. The first kappa shape index (κ1) is 13.5. The molecule has 1 aliphatic rings. The molecule has 0 aromatic rings. The second-order valence-electron chi connectivity index (χ2n) is 4.73. The van der Waals surface area contributed by atoms with Gasteiger partial charge in [0.15, 0.2) is 0 Å². The van der Waals surface area contributed by atoms with E-state index in [1.165, 1.54) is 12.8 Å². The number of hydrogen-bond acceptors (Lipinski definition) is 3. The average molecular weight is 227 g/mol. The lowest BCUT2D eigenvalue weighted by Gasteiger charge is -2.22. The van der Waals surface area contributed by atoms with E-state index in [2.05, 4.69) is 24.1 Å². The molecule has 0 saturated carbocycles. The van der Waals surface area contributed by atoms with E-state index in [9.17, 15) is 4.79 Å². The van der Waals surface area contributed by atoms with Crippen LogP contribution in [0.25, 0.3) is 0 Å². The highest BCUT2D eigenvalue weighted by molar-refractivity contribution is 5.80. The summed E-state index contributed by atoms with van der Waals surface area (Å²) >= 11 is 0. The van der Waals surface area contributed by atoms with E-state index in [-0.39, 0.29) is 11.9 Å². The molecule has 0 aromatic carbocycles. The van der Waals surface area contributed by atoms with E-state index in [1.54, 1.807) is 0 Å². The molecule has 2 unspecified atom stereocenters. The minimum atomic E-state index is -0.228. The van der Waals surface area contributed by atoms with Crippen molar-refractivity contribution < 1.29 is 4.79 Å². The Morgan fingerprint density at radius 3 is 2.81 bits per heavy atom. The fourth-order valence-electron chi connectivity index (χ4n) is 2.24. The van der Waals surface area contributed by atoms with Crippen LogP contribution in [0.4, 0.5) is 0 Å². The van der Waals surface area contributed by atoms with Gasteiger partial charge in [-0.2, -0.15) is 0 Å². The monoisotopic (exact) mass is 227 g/mol. The van der Waals surface area contributed by atoms with Crippen LogP contribution in [0.3, 0.4) is 0 Å². The van der Waals surface area contributed by atoms with Crippen molar-refractivity contribution in [3.63, 3.8) is 0 Å². The van der Waals surface area contributed by atoms with Gasteiger partial charge in [-0.05, 0) is 31.8 Å². The van der Waals surface area contributed by atoms with Crippen LogP contribution in [0.5, 0.6) is 0 Å². The maximum Gasteiger partial charge on any atom is 0.235 e. The zero-order valence-electron chi connectivity index (χ0n) is 10.5. The second-order valence-corrected chi connectivity index (χ2v) is 4.73. The maximum absolute atomic E-state index is 11.3. The lowest BCUT2D eigenvalue weighted by atomic mass is 10.1. The average Bonchev–Trinajstić information content (AvgIpc) is 2.71. The number of carbonyl (C=O) groups is 1. The molecule has 1 fully saturated rings. The highest BCUT2D eigenvalue weighted by Crippen LogP contribution is 2.18. The fraction of sp³-hybridized carbons (Fsp3) is 0.917. The molecule has 0 aromatic heterocycles. The number of amides is 1. The van der Waals surface area contributed by atoms with E-state index >= 15 is 0 Å². The summed E-state index contributed by atoms with van der Waals surface area (Å²) in [5.41, 5.74) is 5.39. The summed E-state index contributed by atoms with van der Waals surface area (Å²) in [5.74, 6) is 0.577. The zero-order valence-corrected chi connectivity index (χ0v) is 10.5. The van der Waals surface area contributed by atoms with Crippen LogP contribution in [-0.2, 0) is 4.79 Å². The van der Waals surface area contributed by atoms with Gasteiger partial charge in [0.1, 0.15) is 0 Å². The normalized spacial score (nSPS) is 23.5. The molecule has 1 aliphatic heterocycles. The molecule has 1 saturated heterocycles. The number of hydrogen-bond donors (Lipinski definition) is 2. The van der Waals surface area contributed by atoms with Gasteiger partial charge in [0.25, 0.3) is 0 Å². The number of nitrogens with two attached hydrogens (primary N) is 1. The van der Waals surface area contributed by atoms with Gasteiger partial charge in [-0.1, -0.05) is 20.3 Å². The third-order valence-electron chi connectivity index (χ3n) is 3.37. The minimum Gasteiger partial charge on any atom is -0.368 e. The zero-order chi connectivity index (χ0) is 12.0. The van der Waals surface area contributed by atoms with Crippen LogP contribution >= 0.6 is 0 Å². The van der Waals surface area contributed by atoms with Gasteiger partial charge in [0, 0.05) is 13.1 Å². The van der Waals surface area contributed by atoms with E-state index in [0.717, 1.165) is 38.5 Å². The Bertz CT molecular complexity index is 220. The van der Waals surface area contributed by atoms with Crippen molar-refractivity contribution in [1.82, 2.24) is 10.2 Å². The van der Waals surface area contributed by atoms with Gasteiger partial charge in [0.05, 0.1) is 6.04 Å². The first-order valence-corrected chi connectivity index (χ1v) is 6.42. The quantitative estimate of drug-likeness (QED) is 0.668. The molecule has 3 N–H and O–H groups in total. The van der Waals surface area contributed by atoms with E-state index in [4.69, 9.17) is 5.73 Å². The summed E-state index contributed by atoms with van der Waals surface area (Å²) in [4.78, 5) is 13.6. The molecule has 0 bridgehead atoms. The number of carbonyl (C=O) groups excluding carboxylic acids is 1. The third kappa shape index (κ3) is 4.10. The molecule has 2 atom stereocenters. The fourth-order valence-corrected chi connectivity index (χ4v) is 2.24. The summed E-state index contributed by atoms with van der Waals surface area (Å²) in [6, 6.07) is -0.185. The predicted molar refractivity (Wildman–Crippen MR) is 66.1 cm³/mol. The third-order valence-corrected chi connectivity index (χ3v) is 3.37. The molecule has 0 aliphatic carbocycles. The Kier molecular flexibility index (Phi) is 5.77. The highest BCUT2D eigenvalue weighted by atomic mass is 16.1. The molecule has 4 heteroatoms. The van der Waals surface area contributed by atoms with Crippen molar-refractivity contribution in [2.24, 2.45) is 11.7 Å². The molecular weight excluding hydrogens is 202 g/mol.